The Morgan fingerprint density at radius 1 is 1.18 bits per heavy atom. The van der Waals surface area contributed by atoms with Gasteiger partial charge in [0.25, 0.3) is 5.82 Å². The van der Waals surface area contributed by atoms with Crippen molar-refractivity contribution in [2.75, 3.05) is 27.7 Å². The number of aliphatic hydroxyl groups is 3. The summed E-state index contributed by atoms with van der Waals surface area (Å²) in [6, 6.07) is 0. The molecule has 3 rings (SSSR count). The number of hydrogen-bond acceptors (Lipinski definition) is 7. The molecular weight excluding hydrogens is 290 g/mol. The van der Waals surface area contributed by atoms with Crippen LogP contribution in [0.15, 0.2) is 6.33 Å². The van der Waals surface area contributed by atoms with Crippen molar-refractivity contribution in [2.45, 2.75) is 24.4 Å². The van der Waals surface area contributed by atoms with Gasteiger partial charge in [0.1, 0.15) is 36.3 Å². The molecular formula is C13H20N5O4+. The van der Waals surface area contributed by atoms with Gasteiger partial charge in [-0.3, -0.25) is 9.58 Å². The number of fused-ring (bicyclic) bond motifs is 1. The fourth-order valence-electron chi connectivity index (χ4n) is 2.67. The SMILES string of the molecule is C[N+](C)(C)c1ncnc2c([C@@H]3O[C@@H](CO)[C@@H](O)[C@@H]3O)[nH]nc12. The van der Waals surface area contributed by atoms with Gasteiger partial charge in [-0.2, -0.15) is 10.1 Å². The third-order valence-corrected chi connectivity index (χ3v) is 3.81. The van der Waals surface area contributed by atoms with Crippen molar-refractivity contribution in [3.8, 4) is 0 Å². The monoisotopic (exact) mass is 310 g/mol. The highest BCUT2D eigenvalue weighted by Crippen LogP contribution is 2.36. The lowest BCUT2D eigenvalue weighted by Gasteiger charge is -2.21. The van der Waals surface area contributed by atoms with Gasteiger partial charge >= 0.3 is 0 Å². The molecule has 2 aromatic heterocycles. The maximum atomic E-state index is 10.1. The summed E-state index contributed by atoms with van der Waals surface area (Å²) in [5.74, 6) is 0.722. The van der Waals surface area contributed by atoms with Gasteiger partial charge in [-0.25, -0.2) is 4.98 Å². The van der Waals surface area contributed by atoms with Crippen LogP contribution in [0.1, 0.15) is 11.8 Å². The predicted octanol–water partition coefficient (Wildman–Crippen LogP) is -1.30. The Morgan fingerprint density at radius 3 is 2.50 bits per heavy atom. The summed E-state index contributed by atoms with van der Waals surface area (Å²) in [4.78, 5) is 8.49. The zero-order valence-electron chi connectivity index (χ0n) is 12.6. The number of nitrogens with one attached hydrogen (secondary N) is 1. The van der Waals surface area contributed by atoms with E-state index in [0.717, 1.165) is 5.82 Å². The van der Waals surface area contributed by atoms with Crippen molar-refractivity contribution in [2.24, 2.45) is 0 Å². The Hall–Kier alpha value is -1.65. The van der Waals surface area contributed by atoms with Gasteiger partial charge in [0, 0.05) is 0 Å². The average molecular weight is 310 g/mol. The summed E-state index contributed by atoms with van der Waals surface area (Å²) in [6.45, 7) is -0.375. The first-order valence-corrected chi connectivity index (χ1v) is 6.98. The smallest absolute Gasteiger partial charge is 0.258 e. The molecule has 0 aromatic carbocycles. The zero-order valence-corrected chi connectivity index (χ0v) is 12.6. The van der Waals surface area contributed by atoms with Crippen LogP contribution < -0.4 is 4.48 Å². The molecule has 1 saturated heterocycles. The number of aliphatic hydroxyl groups excluding tert-OH is 3. The van der Waals surface area contributed by atoms with E-state index in [1.807, 2.05) is 21.1 Å². The maximum absolute atomic E-state index is 10.1. The van der Waals surface area contributed by atoms with E-state index in [1.165, 1.54) is 6.33 Å². The first-order valence-electron chi connectivity index (χ1n) is 6.98. The van der Waals surface area contributed by atoms with Crippen molar-refractivity contribution in [1.29, 1.82) is 0 Å². The van der Waals surface area contributed by atoms with Gasteiger partial charge in [-0.05, 0) is 0 Å². The molecule has 0 bridgehead atoms. The van der Waals surface area contributed by atoms with Gasteiger partial charge in [0.2, 0.25) is 0 Å². The highest BCUT2D eigenvalue weighted by atomic mass is 16.6. The summed E-state index contributed by atoms with van der Waals surface area (Å²) < 4.78 is 5.98. The van der Waals surface area contributed by atoms with Crippen LogP contribution >= 0.6 is 0 Å². The summed E-state index contributed by atoms with van der Waals surface area (Å²) in [5, 5.41) is 36.3. The number of quaternary nitrogens is 1. The summed E-state index contributed by atoms with van der Waals surface area (Å²) in [6.07, 6.45) is -2.55. The molecule has 3 heterocycles. The van der Waals surface area contributed by atoms with Crippen molar-refractivity contribution < 1.29 is 20.1 Å². The average Bonchev–Trinajstić information content (AvgIpc) is 3.00. The lowest BCUT2D eigenvalue weighted by molar-refractivity contribution is -0.0236. The number of H-pyrrole nitrogens is 1. The third-order valence-electron chi connectivity index (χ3n) is 3.81. The molecule has 9 heteroatoms. The van der Waals surface area contributed by atoms with Crippen LogP contribution in [0.25, 0.3) is 11.0 Å². The summed E-state index contributed by atoms with van der Waals surface area (Å²) >= 11 is 0. The van der Waals surface area contributed by atoms with Crippen molar-refractivity contribution in [1.82, 2.24) is 24.6 Å². The van der Waals surface area contributed by atoms with Crippen LogP contribution in [0.3, 0.4) is 0 Å². The second-order valence-electron chi connectivity index (χ2n) is 6.30. The second kappa shape index (κ2) is 5.21. The second-order valence-corrected chi connectivity index (χ2v) is 6.30. The number of nitrogens with zero attached hydrogens (tertiary/aromatic N) is 4. The molecule has 0 aliphatic carbocycles. The van der Waals surface area contributed by atoms with Crippen LogP contribution in [-0.4, -0.2) is 81.5 Å². The molecule has 0 radical (unpaired) electrons. The molecule has 1 aliphatic rings. The van der Waals surface area contributed by atoms with Crippen LogP contribution in [0, 0.1) is 0 Å². The van der Waals surface area contributed by atoms with Gasteiger partial charge in [0.05, 0.1) is 33.4 Å². The van der Waals surface area contributed by atoms with Gasteiger partial charge < -0.3 is 20.1 Å². The Balaban J connectivity index is 2.07. The number of aromatic nitrogens is 4. The normalized spacial score (nSPS) is 29.4. The Bertz CT molecular complexity index is 683. The highest BCUT2D eigenvalue weighted by Gasteiger charge is 2.45. The van der Waals surface area contributed by atoms with Crippen molar-refractivity contribution in [3.05, 3.63) is 12.0 Å². The first-order chi connectivity index (χ1) is 10.3. The molecule has 0 spiro atoms. The largest absolute Gasteiger partial charge is 0.394 e. The molecule has 2 aromatic rings. The molecule has 0 saturated carbocycles. The third kappa shape index (κ3) is 2.27. The van der Waals surface area contributed by atoms with Crippen molar-refractivity contribution in [3.63, 3.8) is 0 Å². The van der Waals surface area contributed by atoms with E-state index in [4.69, 9.17) is 4.74 Å². The zero-order chi connectivity index (χ0) is 16.1. The fourth-order valence-corrected chi connectivity index (χ4v) is 2.67. The minimum absolute atomic E-state index is 0.375. The van der Waals surface area contributed by atoms with Crippen LogP contribution in [0.5, 0.6) is 0 Å². The van der Waals surface area contributed by atoms with E-state index < -0.39 is 24.4 Å². The van der Waals surface area contributed by atoms with Crippen LogP contribution in [0.2, 0.25) is 0 Å². The Labute approximate surface area is 126 Å². The Morgan fingerprint density at radius 2 is 1.91 bits per heavy atom. The maximum Gasteiger partial charge on any atom is 0.258 e. The summed E-state index contributed by atoms with van der Waals surface area (Å²) in [7, 11) is 5.88. The number of rotatable bonds is 3. The quantitative estimate of drug-likeness (QED) is 0.520. The molecule has 1 aliphatic heterocycles. The van der Waals surface area contributed by atoms with E-state index in [2.05, 4.69) is 20.2 Å². The van der Waals surface area contributed by atoms with Gasteiger partial charge in [0.15, 0.2) is 5.52 Å². The molecule has 120 valence electrons. The molecule has 9 nitrogen and oxygen atoms in total. The van der Waals surface area contributed by atoms with Gasteiger partial charge in [-0.15, -0.1) is 0 Å². The van der Waals surface area contributed by atoms with Crippen LogP contribution in [-0.2, 0) is 4.74 Å². The number of ether oxygens (including phenoxy) is 1. The molecule has 22 heavy (non-hydrogen) atoms. The van der Waals surface area contributed by atoms with Crippen LogP contribution in [0.4, 0.5) is 5.82 Å². The topological polar surface area (TPSA) is 124 Å². The van der Waals surface area contributed by atoms with E-state index in [-0.39, 0.29) is 6.61 Å². The predicted molar refractivity (Wildman–Crippen MR) is 78.0 cm³/mol. The standard InChI is InChI=1S/C13H20N5O4/c1-18(2,3)13-9-7(14-5-15-13)8(16-17-9)12-11(21)10(20)6(4-19)22-12/h5-6,10-12,19-21H,4H2,1-3H3,(H,16,17)/q+1/t6-,10+,11-,12-/m0/s1. The minimum Gasteiger partial charge on any atom is -0.394 e. The Kier molecular flexibility index (Phi) is 3.62. The number of hydrogen-bond donors (Lipinski definition) is 4. The lowest BCUT2D eigenvalue weighted by atomic mass is 10.1. The lowest BCUT2D eigenvalue weighted by Crippen LogP contribution is -2.36. The van der Waals surface area contributed by atoms with E-state index in [0.29, 0.717) is 21.2 Å². The van der Waals surface area contributed by atoms with Gasteiger partial charge in [-0.1, -0.05) is 0 Å². The van der Waals surface area contributed by atoms with Crippen molar-refractivity contribution >= 4 is 16.9 Å². The van der Waals surface area contributed by atoms with E-state index in [1.54, 1.807) is 0 Å². The molecule has 0 amide bonds. The summed E-state index contributed by atoms with van der Waals surface area (Å²) in [5.41, 5.74) is 1.59. The number of aromatic amines is 1. The fraction of sp³-hybridized carbons (Fsp3) is 0.615. The highest BCUT2D eigenvalue weighted by molar-refractivity contribution is 5.86. The first kappa shape index (κ1) is 15.3. The minimum atomic E-state index is -1.16. The van der Waals surface area contributed by atoms with E-state index >= 15 is 0 Å². The molecule has 4 atom stereocenters. The molecule has 4 N–H and O–H groups in total. The van der Waals surface area contributed by atoms with E-state index in [9.17, 15) is 15.3 Å². The molecule has 0 unspecified atom stereocenters. The molecule has 1 fully saturated rings.